The van der Waals surface area contributed by atoms with Crippen LogP contribution in [0.1, 0.15) is 37.8 Å². The number of carbonyl (C=O) groups is 1. The summed E-state index contributed by atoms with van der Waals surface area (Å²) >= 11 is 0. The van der Waals surface area contributed by atoms with E-state index in [0.29, 0.717) is 12.3 Å². The molecule has 0 aromatic carbocycles. The molecule has 1 aromatic rings. The van der Waals surface area contributed by atoms with E-state index in [1.54, 1.807) is 6.20 Å². The van der Waals surface area contributed by atoms with Gasteiger partial charge in [0.2, 0.25) is 5.91 Å². The van der Waals surface area contributed by atoms with Gasteiger partial charge in [-0.3, -0.25) is 9.78 Å². The van der Waals surface area contributed by atoms with Crippen LogP contribution in [0, 0.1) is 5.92 Å². The normalized spacial score (nSPS) is 20.7. The van der Waals surface area contributed by atoms with Crippen molar-refractivity contribution < 1.29 is 4.79 Å². The number of fused-ring (bicyclic) bond motifs is 1. The smallest absolute Gasteiger partial charge is 0.233 e. The number of hydrogen-bond acceptors (Lipinski definition) is 2. The SMILES string of the molecule is O=C1Cc2ncccc2N1CC1CCCCC1. The van der Waals surface area contributed by atoms with Crippen molar-refractivity contribution in [3.05, 3.63) is 24.0 Å². The molecule has 1 amide bonds. The fourth-order valence-electron chi connectivity index (χ4n) is 3.01. The average molecular weight is 230 g/mol. The molecule has 1 fully saturated rings. The van der Waals surface area contributed by atoms with Crippen molar-refractivity contribution in [1.29, 1.82) is 0 Å². The van der Waals surface area contributed by atoms with E-state index in [4.69, 9.17) is 0 Å². The summed E-state index contributed by atoms with van der Waals surface area (Å²) in [5.74, 6) is 0.920. The molecule has 0 saturated heterocycles. The summed E-state index contributed by atoms with van der Waals surface area (Å²) in [6.45, 7) is 0.900. The fourth-order valence-corrected chi connectivity index (χ4v) is 3.01. The lowest BCUT2D eigenvalue weighted by Gasteiger charge is -2.27. The molecule has 1 aliphatic heterocycles. The predicted octanol–water partition coefficient (Wildman–Crippen LogP) is 2.55. The molecule has 0 unspecified atom stereocenters. The first-order chi connectivity index (χ1) is 8.34. The van der Waals surface area contributed by atoms with Crippen molar-refractivity contribution in [1.82, 2.24) is 4.98 Å². The lowest BCUT2D eigenvalue weighted by Crippen LogP contribution is -2.33. The van der Waals surface area contributed by atoms with E-state index in [1.165, 1.54) is 32.1 Å². The third-order valence-electron chi connectivity index (χ3n) is 3.94. The van der Waals surface area contributed by atoms with Gasteiger partial charge in [-0.15, -0.1) is 0 Å². The maximum Gasteiger partial charge on any atom is 0.233 e. The maximum atomic E-state index is 12.0. The minimum atomic E-state index is 0.226. The molecular formula is C14H18N2O. The van der Waals surface area contributed by atoms with Crippen molar-refractivity contribution in [3.63, 3.8) is 0 Å². The van der Waals surface area contributed by atoms with Gasteiger partial charge in [-0.1, -0.05) is 19.3 Å². The number of rotatable bonds is 2. The van der Waals surface area contributed by atoms with Crippen LogP contribution in [-0.2, 0) is 11.2 Å². The highest BCUT2D eigenvalue weighted by Crippen LogP contribution is 2.31. The van der Waals surface area contributed by atoms with Gasteiger partial charge >= 0.3 is 0 Å². The second kappa shape index (κ2) is 4.47. The summed E-state index contributed by atoms with van der Waals surface area (Å²) in [4.78, 5) is 18.2. The van der Waals surface area contributed by atoms with Gasteiger partial charge in [-0.05, 0) is 30.9 Å². The van der Waals surface area contributed by atoms with Gasteiger partial charge in [0.15, 0.2) is 0 Å². The fraction of sp³-hybridized carbons (Fsp3) is 0.571. The van der Waals surface area contributed by atoms with E-state index in [0.717, 1.165) is 17.9 Å². The lowest BCUT2D eigenvalue weighted by molar-refractivity contribution is -0.117. The van der Waals surface area contributed by atoms with Crippen LogP contribution in [0.4, 0.5) is 5.69 Å². The second-order valence-electron chi connectivity index (χ2n) is 5.15. The highest BCUT2D eigenvalue weighted by molar-refractivity contribution is 6.00. The summed E-state index contributed by atoms with van der Waals surface area (Å²) < 4.78 is 0. The van der Waals surface area contributed by atoms with Gasteiger partial charge in [0.05, 0.1) is 17.8 Å². The number of anilines is 1. The number of aromatic nitrogens is 1. The van der Waals surface area contributed by atoms with Crippen LogP contribution in [0.3, 0.4) is 0 Å². The van der Waals surface area contributed by atoms with Gasteiger partial charge in [0, 0.05) is 12.7 Å². The first-order valence-electron chi connectivity index (χ1n) is 6.59. The molecule has 1 aromatic heterocycles. The first-order valence-corrected chi connectivity index (χ1v) is 6.59. The van der Waals surface area contributed by atoms with Gasteiger partial charge < -0.3 is 4.90 Å². The molecule has 0 spiro atoms. The maximum absolute atomic E-state index is 12.0. The molecule has 2 aliphatic rings. The highest BCUT2D eigenvalue weighted by atomic mass is 16.2. The van der Waals surface area contributed by atoms with Crippen LogP contribution in [0.5, 0.6) is 0 Å². The molecule has 3 rings (SSSR count). The third kappa shape index (κ3) is 2.06. The number of pyridine rings is 1. The third-order valence-corrected chi connectivity index (χ3v) is 3.94. The Labute approximate surface area is 102 Å². The molecule has 1 saturated carbocycles. The summed E-state index contributed by atoms with van der Waals surface area (Å²) in [7, 11) is 0. The van der Waals surface area contributed by atoms with Crippen LogP contribution >= 0.6 is 0 Å². The van der Waals surface area contributed by atoms with E-state index in [-0.39, 0.29) is 5.91 Å². The molecule has 3 nitrogen and oxygen atoms in total. The number of nitrogens with zero attached hydrogens (tertiary/aromatic N) is 2. The molecule has 0 atom stereocenters. The molecule has 0 bridgehead atoms. The largest absolute Gasteiger partial charge is 0.310 e. The molecule has 0 radical (unpaired) electrons. The van der Waals surface area contributed by atoms with Crippen molar-refractivity contribution >= 4 is 11.6 Å². The molecule has 1 aliphatic carbocycles. The molecule has 2 heterocycles. The van der Waals surface area contributed by atoms with Crippen LogP contribution in [0.15, 0.2) is 18.3 Å². The van der Waals surface area contributed by atoms with Crippen LogP contribution in [0.25, 0.3) is 0 Å². The zero-order valence-corrected chi connectivity index (χ0v) is 10.1. The zero-order chi connectivity index (χ0) is 11.7. The standard InChI is InChI=1S/C14H18N2O/c17-14-9-12-13(7-4-8-15-12)16(14)10-11-5-2-1-3-6-11/h4,7-8,11H,1-3,5-6,9-10H2. The van der Waals surface area contributed by atoms with Crippen molar-refractivity contribution in [2.75, 3.05) is 11.4 Å². The quantitative estimate of drug-likeness (QED) is 0.782. The van der Waals surface area contributed by atoms with Gasteiger partial charge in [-0.2, -0.15) is 0 Å². The zero-order valence-electron chi connectivity index (χ0n) is 10.1. The lowest BCUT2D eigenvalue weighted by atomic mass is 9.89. The Balaban J connectivity index is 1.76. The van der Waals surface area contributed by atoms with Crippen molar-refractivity contribution in [2.24, 2.45) is 5.92 Å². The summed E-state index contributed by atoms with van der Waals surface area (Å²) in [5.41, 5.74) is 2.00. The predicted molar refractivity (Wildman–Crippen MR) is 66.9 cm³/mol. The van der Waals surface area contributed by atoms with Crippen LogP contribution in [-0.4, -0.2) is 17.4 Å². The van der Waals surface area contributed by atoms with E-state index in [9.17, 15) is 4.79 Å². The van der Waals surface area contributed by atoms with Gasteiger partial charge in [0.1, 0.15) is 0 Å². The van der Waals surface area contributed by atoms with Crippen LogP contribution < -0.4 is 4.90 Å². The van der Waals surface area contributed by atoms with E-state index >= 15 is 0 Å². The van der Waals surface area contributed by atoms with Crippen molar-refractivity contribution in [2.45, 2.75) is 38.5 Å². The minimum absolute atomic E-state index is 0.226. The highest BCUT2D eigenvalue weighted by Gasteiger charge is 2.30. The van der Waals surface area contributed by atoms with Gasteiger partial charge in [0.25, 0.3) is 0 Å². The van der Waals surface area contributed by atoms with Crippen molar-refractivity contribution in [3.8, 4) is 0 Å². The molecule has 0 N–H and O–H groups in total. The molecular weight excluding hydrogens is 212 g/mol. The Morgan fingerprint density at radius 3 is 2.94 bits per heavy atom. The summed E-state index contributed by atoms with van der Waals surface area (Å²) in [6.07, 6.45) is 8.83. The number of amides is 1. The van der Waals surface area contributed by atoms with E-state index in [1.807, 2.05) is 17.0 Å². The first kappa shape index (κ1) is 10.8. The molecule has 3 heteroatoms. The van der Waals surface area contributed by atoms with E-state index in [2.05, 4.69) is 4.98 Å². The summed E-state index contributed by atoms with van der Waals surface area (Å²) in [6, 6.07) is 3.95. The monoisotopic (exact) mass is 230 g/mol. The molecule has 17 heavy (non-hydrogen) atoms. The minimum Gasteiger partial charge on any atom is -0.310 e. The summed E-state index contributed by atoms with van der Waals surface area (Å²) in [5, 5.41) is 0. The Morgan fingerprint density at radius 1 is 1.29 bits per heavy atom. The van der Waals surface area contributed by atoms with E-state index < -0.39 is 0 Å². The average Bonchev–Trinajstić information content (AvgIpc) is 2.68. The van der Waals surface area contributed by atoms with Crippen LogP contribution in [0.2, 0.25) is 0 Å². The Hall–Kier alpha value is -1.38. The van der Waals surface area contributed by atoms with Gasteiger partial charge in [-0.25, -0.2) is 0 Å². The Bertz CT molecular complexity index is 424. The number of hydrogen-bond donors (Lipinski definition) is 0. The topological polar surface area (TPSA) is 33.2 Å². The number of carbonyl (C=O) groups excluding carboxylic acids is 1. The Kier molecular flexibility index (Phi) is 2.83. The Morgan fingerprint density at radius 2 is 2.12 bits per heavy atom. The molecule has 90 valence electrons. The second-order valence-corrected chi connectivity index (χ2v) is 5.15.